The molecule has 0 unspecified atom stereocenters. The summed E-state index contributed by atoms with van der Waals surface area (Å²) in [6.07, 6.45) is 0. The SMILES string of the molecule is C1CN2CCSB(S1)SCC2. The van der Waals surface area contributed by atoms with Crippen molar-refractivity contribution in [1.82, 2.24) is 4.90 Å². The Morgan fingerprint density at radius 1 is 0.818 bits per heavy atom. The second-order valence-corrected chi connectivity index (χ2v) is 7.28. The predicted molar refractivity (Wildman–Crippen MR) is 59.6 cm³/mol. The third-order valence-corrected chi connectivity index (χ3v) is 6.51. The lowest BCUT2D eigenvalue weighted by molar-refractivity contribution is 0.329. The molecule has 3 saturated heterocycles. The van der Waals surface area contributed by atoms with E-state index in [1.54, 1.807) is 0 Å². The zero-order chi connectivity index (χ0) is 7.52. The minimum atomic E-state index is 0.845. The Balaban J connectivity index is 1.96. The van der Waals surface area contributed by atoms with Crippen molar-refractivity contribution in [2.45, 2.75) is 0 Å². The van der Waals surface area contributed by atoms with Gasteiger partial charge in [-0.1, -0.05) is 0 Å². The van der Waals surface area contributed by atoms with Gasteiger partial charge in [0, 0.05) is 19.6 Å². The van der Waals surface area contributed by atoms with Gasteiger partial charge in [0.15, 0.2) is 0 Å². The second kappa shape index (κ2) is 4.35. The van der Waals surface area contributed by atoms with E-state index < -0.39 is 0 Å². The van der Waals surface area contributed by atoms with Crippen molar-refractivity contribution in [1.29, 1.82) is 0 Å². The molecule has 3 aliphatic rings. The van der Waals surface area contributed by atoms with Gasteiger partial charge in [-0.15, -0.1) is 0 Å². The molecule has 1 nitrogen and oxygen atoms in total. The van der Waals surface area contributed by atoms with Crippen molar-refractivity contribution < 1.29 is 0 Å². The van der Waals surface area contributed by atoms with E-state index in [4.69, 9.17) is 0 Å². The average molecular weight is 205 g/mol. The number of nitrogens with zero attached hydrogens (tertiary/aromatic N) is 1. The predicted octanol–water partition coefficient (Wildman–Crippen LogP) is 1.50. The highest BCUT2D eigenvalue weighted by atomic mass is 32.3. The van der Waals surface area contributed by atoms with Crippen molar-refractivity contribution in [2.75, 3.05) is 36.9 Å². The highest BCUT2D eigenvalue weighted by Crippen LogP contribution is 2.32. The van der Waals surface area contributed by atoms with E-state index in [1.807, 2.05) is 0 Å². The summed E-state index contributed by atoms with van der Waals surface area (Å²) >= 11 is 6.41. The molecular formula is C6H12BNS3. The molecule has 0 aromatic carbocycles. The van der Waals surface area contributed by atoms with Gasteiger partial charge in [0.2, 0.25) is 0 Å². The van der Waals surface area contributed by atoms with Crippen molar-refractivity contribution in [3.8, 4) is 0 Å². The number of fused-ring (bicyclic) bond motifs is 6. The lowest BCUT2D eigenvalue weighted by Gasteiger charge is -2.29. The maximum atomic E-state index is 2.60. The topological polar surface area (TPSA) is 3.24 Å². The van der Waals surface area contributed by atoms with Crippen LogP contribution in [0.1, 0.15) is 0 Å². The standard InChI is InChI=1S/C6H12BNS3/c1-4-9-7-10-5-2-8(1)3-6-11-7/h1-6H2. The zero-order valence-electron chi connectivity index (χ0n) is 6.49. The minimum Gasteiger partial charge on any atom is -0.301 e. The largest absolute Gasteiger partial charge is 0.341 e. The first kappa shape index (κ1) is 8.66. The van der Waals surface area contributed by atoms with E-state index in [-0.39, 0.29) is 0 Å². The summed E-state index contributed by atoms with van der Waals surface area (Å²) in [7, 11) is 0. The Labute approximate surface area is 81.2 Å². The number of hydrogen-bond donors (Lipinski definition) is 0. The molecule has 0 saturated carbocycles. The molecule has 5 heteroatoms. The highest BCUT2D eigenvalue weighted by molar-refractivity contribution is 8.76. The van der Waals surface area contributed by atoms with Crippen LogP contribution in [0.15, 0.2) is 0 Å². The molecule has 0 aromatic heterocycles. The summed E-state index contributed by atoms with van der Waals surface area (Å²) in [5.74, 6) is 4.01. The van der Waals surface area contributed by atoms with Crippen LogP contribution in [0.5, 0.6) is 0 Å². The molecule has 0 radical (unpaired) electrons. The van der Waals surface area contributed by atoms with Crippen LogP contribution in [0, 0.1) is 0 Å². The summed E-state index contributed by atoms with van der Waals surface area (Å²) in [6.45, 7) is 3.97. The van der Waals surface area contributed by atoms with Gasteiger partial charge in [0.25, 0.3) is 0 Å². The van der Waals surface area contributed by atoms with Crippen LogP contribution in [-0.4, -0.2) is 46.3 Å². The molecule has 0 N–H and O–H groups in total. The first-order valence-corrected chi connectivity index (χ1v) is 7.17. The fraction of sp³-hybridized carbons (Fsp3) is 1.00. The lowest BCUT2D eigenvalue weighted by Crippen LogP contribution is -2.35. The minimum absolute atomic E-state index is 0.845. The van der Waals surface area contributed by atoms with Crippen LogP contribution in [0.2, 0.25) is 0 Å². The van der Waals surface area contributed by atoms with Crippen LogP contribution >= 0.6 is 34.8 Å². The van der Waals surface area contributed by atoms with Crippen molar-refractivity contribution in [2.24, 2.45) is 0 Å². The number of hydrogen-bond acceptors (Lipinski definition) is 4. The Bertz CT molecular complexity index is 99.2. The van der Waals surface area contributed by atoms with E-state index in [1.165, 1.54) is 36.9 Å². The van der Waals surface area contributed by atoms with Gasteiger partial charge in [-0.3, -0.25) is 0 Å². The summed E-state index contributed by atoms with van der Waals surface area (Å²) in [6, 6.07) is 0. The van der Waals surface area contributed by atoms with Crippen LogP contribution in [-0.2, 0) is 0 Å². The van der Waals surface area contributed by atoms with E-state index >= 15 is 0 Å². The summed E-state index contributed by atoms with van der Waals surface area (Å²) < 4.78 is 0.845. The van der Waals surface area contributed by atoms with Gasteiger partial charge in [0.1, 0.15) is 0 Å². The Morgan fingerprint density at radius 2 is 1.27 bits per heavy atom. The summed E-state index contributed by atoms with van der Waals surface area (Å²) in [4.78, 5) is 2.60. The van der Waals surface area contributed by atoms with Crippen LogP contribution in [0.25, 0.3) is 0 Å². The van der Waals surface area contributed by atoms with Crippen LogP contribution < -0.4 is 0 Å². The lowest BCUT2D eigenvalue weighted by atomic mass is 10.5. The van der Waals surface area contributed by atoms with Gasteiger partial charge in [-0.2, -0.15) is 34.8 Å². The quantitative estimate of drug-likeness (QED) is 0.551. The van der Waals surface area contributed by atoms with Gasteiger partial charge in [-0.05, 0) is 17.3 Å². The van der Waals surface area contributed by atoms with Crippen molar-refractivity contribution in [3.05, 3.63) is 0 Å². The molecule has 0 aliphatic carbocycles. The molecule has 11 heavy (non-hydrogen) atoms. The van der Waals surface area contributed by atoms with Gasteiger partial charge < -0.3 is 4.90 Å². The molecule has 0 atom stereocenters. The van der Waals surface area contributed by atoms with E-state index in [0.29, 0.717) is 0 Å². The highest BCUT2D eigenvalue weighted by Gasteiger charge is 2.23. The van der Waals surface area contributed by atoms with Crippen molar-refractivity contribution >= 4 is 39.4 Å². The Kier molecular flexibility index (Phi) is 3.43. The van der Waals surface area contributed by atoms with Gasteiger partial charge >= 0.3 is 4.55 Å². The third-order valence-electron chi connectivity index (χ3n) is 1.98. The molecule has 2 bridgehead atoms. The summed E-state index contributed by atoms with van der Waals surface area (Å²) in [5, 5.41) is 0. The molecule has 0 spiro atoms. The summed E-state index contributed by atoms with van der Waals surface area (Å²) in [5.41, 5.74) is 0. The monoisotopic (exact) mass is 205 g/mol. The third kappa shape index (κ3) is 2.51. The van der Waals surface area contributed by atoms with Crippen molar-refractivity contribution in [3.63, 3.8) is 0 Å². The molecule has 3 aliphatic heterocycles. The van der Waals surface area contributed by atoms with Crippen LogP contribution in [0.4, 0.5) is 0 Å². The Morgan fingerprint density at radius 3 is 1.73 bits per heavy atom. The van der Waals surface area contributed by atoms with E-state index in [9.17, 15) is 0 Å². The first-order chi connectivity index (χ1) is 5.45. The number of rotatable bonds is 0. The maximum absolute atomic E-state index is 2.60. The van der Waals surface area contributed by atoms with E-state index in [0.717, 1.165) is 4.55 Å². The Hall–Kier alpha value is 1.07. The van der Waals surface area contributed by atoms with Gasteiger partial charge in [0.05, 0.1) is 0 Å². The molecule has 3 rings (SSSR count). The molecule has 3 heterocycles. The van der Waals surface area contributed by atoms with Crippen LogP contribution in [0.3, 0.4) is 0 Å². The molecule has 3 fully saturated rings. The fourth-order valence-electron chi connectivity index (χ4n) is 1.31. The van der Waals surface area contributed by atoms with E-state index in [2.05, 4.69) is 39.7 Å². The average Bonchev–Trinajstić information content (AvgIpc) is 1.80. The first-order valence-electron chi connectivity index (χ1n) is 4.02. The fourth-order valence-corrected chi connectivity index (χ4v) is 5.87. The second-order valence-electron chi connectivity index (χ2n) is 2.74. The smallest absolute Gasteiger partial charge is 0.301 e. The molecular weight excluding hydrogens is 193 g/mol. The zero-order valence-corrected chi connectivity index (χ0v) is 8.94. The molecule has 0 amide bonds. The maximum Gasteiger partial charge on any atom is 0.341 e. The van der Waals surface area contributed by atoms with Gasteiger partial charge in [-0.25, -0.2) is 0 Å². The normalized spacial score (nSPS) is 27.8. The molecule has 0 aromatic rings. The molecule has 62 valence electrons.